The van der Waals surface area contributed by atoms with Crippen LogP contribution in [0.25, 0.3) is 11.3 Å². The summed E-state index contributed by atoms with van der Waals surface area (Å²) in [5.41, 5.74) is 7.47. The van der Waals surface area contributed by atoms with Gasteiger partial charge in [0, 0.05) is 24.7 Å². The van der Waals surface area contributed by atoms with E-state index in [1.807, 2.05) is 43.5 Å². The highest BCUT2D eigenvalue weighted by atomic mass is 16.5. The van der Waals surface area contributed by atoms with Crippen LogP contribution in [0.5, 0.6) is 5.75 Å². The van der Waals surface area contributed by atoms with Gasteiger partial charge in [0.05, 0.1) is 11.3 Å². The van der Waals surface area contributed by atoms with Gasteiger partial charge in [-0.25, -0.2) is 4.98 Å². The van der Waals surface area contributed by atoms with Crippen molar-refractivity contribution in [2.24, 2.45) is 5.73 Å². The molecule has 3 N–H and O–H groups in total. The number of ether oxygens (including phenoxy) is 1. The maximum Gasteiger partial charge on any atom is 0.250 e. The number of allylic oxidation sites excluding steroid dienone is 3. The molecule has 2 aromatic rings. The normalized spacial score (nSPS) is 18.6. The van der Waals surface area contributed by atoms with Crippen LogP contribution in [0.2, 0.25) is 0 Å². The molecule has 0 saturated carbocycles. The van der Waals surface area contributed by atoms with E-state index in [4.69, 9.17) is 15.5 Å². The molecule has 1 aliphatic carbocycles. The molecule has 1 aromatic heterocycles. The molecule has 1 saturated heterocycles. The van der Waals surface area contributed by atoms with Gasteiger partial charge in [-0.1, -0.05) is 6.08 Å². The SMILES string of the molecule is CNC1CCN(c2ccc(C(N)=O)c(-c3ccc(OC4=CCCC=C4)cc3)n2)C1. The molecule has 1 aromatic carbocycles. The van der Waals surface area contributed by atoms with Crippen LogP contribution < -0.4 is 20.7 Å². The number of likely N-dealkylation sites (N-methyl/N-ethyl adjacent to an activating group) is 1. The Hall–Kier alpha value is -3.12. The van der Waals surface area contributed by atoms with Gasteiger partial charge in [0.25, 0.3) is 5.91 Å². The van der Waals surface area contributed by atoms with E-state index in [2.05, 4.69) is 22.4 Å². The fourth-order valence-corrected chi connectivity index (χ4v) is 3.73. The van der Waals surface area contributed by atoms with E-state index in [9.17, 15) is 4.79 Å². The van der Waals surface area contributed by atoms with Crippen molar-refractivity contribution in [3.8, 4) is 17.0 Å². The van der Waals surface area contributed by atoms with Crippen molar-refractivity contribution in [3.63, 3.8) is 0 Å². The van der Waals surface area contributed by atoms with Crippen molar-refractivity contribution in [2.75, 3.05) is 25.0 Å². The van der Waals surface area contributed by atoms with Crippen LogP contribution in [0.1, 0.15) is 29.6 Å². The molecule has 29 heavy (non-hydrogen) atoms. The zero-order valence-electron chi connectivity index (χ0n) is 16.6. The average Bonchev–Trinajstić information content (AvgIpc) is 3.24. The van der Waals surface area contributed by atoms with Crippen LogP contribution in [0, 0.1) is 0 Å². The first-order valence-electron chi connectivity index (χ1n) is 10.0. The molecule has 1 fully saturated rings. The number of pyridine rings is 1. The smallest absolute Gasteiger partial charge is 0.250 e. The molecule has 1 atom stereocenters. The number of primary amides is 1. The highest BCUT2D eigenvalue weighted by Gasteiger charge is 2.23. The molecule has 0 radical (unpaired) electrons. The van der Waals surface area contributed by atoms with Crippen LogP contribution >= 0.6 is 0 Å². The number of carbonyl (C=O) groups excluding carboxylic acids is 1. The lowest BCUT2D eigenvalue weighted by molar-refractivity contribution is 0.100. The van der Waals surface area contributed by atoms with Gasteiger partial charge in [-0.2, -0.15) is 0 Å². The third kappa shape index (κ3) is 4.32. The number of aromatic nitrogens is 1. The van der Waals surface area contributed by atoms with Crippen LogP contribution in [-0.4, -0.2) is 37.1 Å². The number of rotatable bonds is 6. The topological polar surface area (TPSA) is 80.5 Å². The Kier molecular flexibility index (Phi) is 5.62. The van der Waals surface area contributed by atoms with Gasteiger partial charge >= 0.3 is 0 Å². The summed E-state index contributed by atoms with van der Waals surface area (Å²) in [6.45, 7) is 1.83. The summed E-state index contributed by atoms with van der Waals surface area (Å²) in [5.74, 6) is 1.99. The molecule has 1 aliphatic heterocycles. The first-order chi connectivity index (χ1) is 14.1. The Morgan fingerprint density at radius 1 is 1.21 bits per heavy atom. The van der Waals surface area contributed by atoms with E-state index < -0.39 is 5.91 Å². The van der Waals surface area contributed by atoms with E-state index in [1.165, 1.54) is 0 Å². The molecule has 150 valence electrons. The van der Waals surface area contributed by atoms with Crippen molar-refractivity contribution in [1.82, 2.24) is 10.3 Å². The quantitative estimate of drug-likeness (QED) is 0.791. The molecule has 2 aliphatic rings. The minimum atomic E-state index is -0.480. The summed E-state index contributed by atoms with van der Waals surface area (Å²) in [4.78, 5) is 19.0. The molecular formula is C23H26N4O2. The molecule has 6 heteroatoms. The first-order valence-corrected chi connectivity index (χ1v) is 10.0. The average molecular weight is 390 g/mol. The Morgan fingerprint density at radius 3 is 2.69 bits per heavy atom. The molecule has 0 spiro atoms. The largest absolute Gasteiger partial charge is 0.458 e. The number of nitrogens with two attached hydrogens (primary N) is 1. The predicted molar refractivity (Wildman–Crippen MR) is 115 cm³/mol. The van der Waals surface area contributed by atoms with Crippen LogP contribution in [0.3, 0.4) is 0 Å². The second-order valence-corrected chi connectivity index (χ2v) is 7.36. The van der Waals surface area contributed by atoms with Crippen molar-refractivity contribution in [3.05, 3.63) is 65.9 Å². The lowest BCUT2D eigenvalue weighted by Gasteiger charge is -2.19. The second kappa shape index (κ2) is 8.49. The molecule has 0 bridgehead atoms. The summed E-state index contributed by atoms with van der Waals surface area (Å²) in [7, 11) is 1.98. The minimum absolute atomic E-state index is 0.421. The van der Waals surface area contributed by atoms with Gasteiger partial charge in [-0.15, -0.1) is 0 Å². The molecule has 1 amide bonds. The van der Waals surface area contributed by atoms with Crippen molar-refractivity contribution in [1.29, 1.82) is 0 Å². The molecule has 6 nitrogen and oxygen atoms in total. The number of hydrogen-bond donors (Lipinski definition) is 2. The van der Waals surface area contributed by atoms with E-state index >= 15 is 0 Å². The Bertz CT molecular complexity index is 950. The summed E-state index contributed by atoms with van der Waals surface area (Å²) in [6, 6.07) is 11.7. The Morgan fingerprint density at radius 2 is 2.03 bits per heavy atom. The number of carbonyl (C=O) groups is 1. The number of nitrogens with zero attached hydrogens (tertiary/aromatic N) is 2. The summed E-state index contributed by atoms with van der Waals surface area (Å²) in [6.07, 6.45) is 9.29. The summed E-state index contributed by atoms with van der Waals surface area (Å²) >= 11 is 0. The standard InChI is InChI=1S/C23H26N4O2/c1-25-17-13-14-27(15-17)21-12-11-20(23(24)28)22(26-21)16-7-9-19(10-8-16)29-18-5-3-2-4-6-18/h3,5-12,17,25H,2,4,13-15H2,1H3,(H2,24,28). The number of benzene rings is 1. The Balaban J connectivity index is 1.60. The van der Waals surface area contributed by atoms with Crippen LogP contribution in [-0.2, 0) is 0 Å². The fraction of sp³-hybridized carbons (Fsp3) is 0.304. The zero-order chi connectivity index (χ0) is 20.2. The molecule has 1 unspecified atom stereocenters. The lowest BCUT2D eigenvalue weighted by atomic mass is 10.0. The van der Waals surface area contributed by atoms with Gasteiger partial charge in [-0.05, 0) is 74.9 Å². The second-order valence-electron chi connectivity index (χ2n) is 7.36. The van der Waals surface area contributed by atoms with Gasteiger partial charge in [0.15, 0.2) is 0 Å². The van der Waals surface area contributed by atoms with Gasteiger partial charge in [0.2, 0.25) is 0 Å². The van der Waals surface area contributed by atoms with E-state index in [0.29, 0.717) is 17.3 Å². The van der Waals surface area contributed by atoms with Crippen LogP contribution in [0.15, 0.2) is 60.4 Å². The summed E-state index contributed by atoms with van der Waals surface area (Å²) < 4.78 is 5.90. The third-order valence-electron chi connectivity index (χ3n) is 5.39. The van der Waals surface area contributed by atoms with E-state index in [-0.39, 0.29) is 0 Å². The molecular weight excluding hydrogens is 364 g/mol. The maximum atomic E-state index is 12.0. The fourth-order valence-electron chi connectivity index (χ4n) is 3.73. The molecule has 4 rings (SSSR count). The highest BCUT2D eigenvalue weighted by molar-refractivity contribution is 5.99. The monoisotopic (exact) mass is 390 g/mol. The van der Waals surface area contributed by atoms with Crippen molar-refractivity contribution >= 4 is 11.7 Å². The predicted octanol–water partition coefficient (Wildman–Crippen LogP) is 3.26. The van der Waals surface area contributed by atoms with E-state index in [1.54, 1.807) is 6.07 Å². The van der Waals surface area contributed by atoms with Crippen molar-refractivity contribution in [2.45, 2.75) is 25.3 Å². The van der Waals surface area contributed by atoms with Crippen molar-refractivity contribution < 1.29 is 9.53 Å². The van der Waals surface area contributed by atoms with Gasteiger partial charge < -0.3 is 20.7 Å². The summed E-state index contributed by atoms with van der Waals surface area (Å²) in [5, 5.41) is 3.31. The third-order valence-corrected chi connectivity index (χ3v) is 5.39. The Labute approximate surface area is 171 Å². The van der Waals surface area contributed by atoms with Gasteiger partial charge in [-0.3, -0.25) is 4.79 Å². The first kappa shape index (κ1) is 19.2. The van der Waals surface area contributed by atoms with Gasteiger partial charge in [0.1, 0.15) is 17.3 Å². The highest BCUT2D eigenvalue weighted by Crippen LogP contribution is 2.29. The lowest BCUT2D eigenvalue weighted by Crippen LogP contribution is -2.30. The number of nitrogens with one attached hydrogen (secondary N) is 1. The maximum absolute atomic E-state index is 12.0. The molecule has 2 heterocycles. The van der Waals surface area contributed by atoms with Crippen LogP contribution in [0.4, 0.5) is 5.82 Å². The number of amides is 1. The zero-order valence-corrected chi connectivity index (χ0v) is 16.6. The van der Waals surface area contributed by atoms with E-state index in [0.717, 1.165) is 55.2 Å². The number of hydrogen-bond acceptors (Lipinski definition) is 5. The minimum Gasteiger partial charge on any atom is -0.458 e. The number of anilines is 1.